The second-order valence-electron chi connectivity index (χ2n) is 6.43. The molecule has 0 aromatic heterocycles. The Morgan fingerprint density at radius 3 is 2.72 bits per heavy atom. The smallest absolute Gasteiger partial charge is 0.268 e. The summed E-state index contributed by atoms with van der Waals surface area (Å²) in [6, 6.07) is 12.4. The van der Waals surface area contributed by atoms with Crippen molar-refractivity contribution in [1.82, 2.24) is 4.72 Å². The van der Waals surface area contributed by atoms with Crippen molar-refractivity contribution in [3.8, 4) is 0 Å². The van der Waals surface area contributed by atoms with E-state index < -0.39 is 22.0 Å². The zero-order chi connectivity index (χ0) is 20.9. The highest BCUT2D eigenvalue weighted by Crippen LogP contribution is 2.19. The molecule has 2 aromatic rings. The van der Waals surface area contributed by atoms with Gasteiger partial charge in [-0.1, -0.05) is 35.5 Å². The van der Waals surface area contributed by atoms with Gasteiger partial charge in [-0.05, 0) is 29.8 Å². The van der Waals surface area contributed by atoms with Crippen molar-refractivity contribution in [1.29, 1.82) is 0 Å². The molecule has 1 amide bonds. The minimum absolute atomic E-state index is 0.164. The number of nitrogens with one attached hydrogen (secondary N) is 2. The predicted molar refractivity (Wildman–Crippen MR) is 108 cm³/mol. The molecule has 7 nitrogen and oxygen atoms in total. The largest absolute Gasteiger partial charge is 0.382 e. The molecule has 1 atom stereocenters. The van der Waals surface area contributed by atoms with Crippen LogP contribution in [0.15, 0.2) is 66.3 Å². The molecule has 0 bridgehead atoms. The Labute approximate surface area is 168 Å². The number of benzene rings is 2. The summed E-state index contributed by atoms with van der Waals surface area (Å²) in [6.07, 6.45) is 0.863. The van der Waals surface area contributed by atoms with Crippen molar-refractivity contribution in [3.63, 3.8) is 0 Å². The first-order valence-corrected chi connectivity index (χ1v) is 10.5. The molecule has 2 N–H and O–H groups in total. The fourth-order valence-electron chi connectivity index (χ4n) is 2.72. The van der Waals surface area contributed by atoms with E-state index in [1.807, 2.05) is 0 Å². The summed E-state index contributed by atoms with van der Waals surface area (Å²) in [7, 11) is -3.45. The van der Waals surface area contributed by atoms with Gasteiger partial charge in [0.2, 0.25) is 16.1 Å². The Balaban J connectivity index is 1.56. The third kappa shape index (κ3) is 5.72. The number of sulfonamides is 1. The lowest BCUT2D eigenvalue weighted by Crippen LogP contribution is -2.28. The Morgan fingerprint density at radius 1 is 1.28 bits per heavy atom. The van der Waals surface area contributed by atoms with Gasteiger partial charge in [0, 0.05) is 24.2 Å². The van der Waals surface area contributed by atoms with Crippen molar-refractivity contribution < 1.29 is 22.4 Å². The Morgan fingerprint density at radius 2 is 2.03 bits per heavy atom. The minimum atomic E-state index is -3.45. The first kappa shape index (κ1) is 20.7. The van der Waals surface area contributed by atoms with Gasteiger partial charge in [-0.25, -0.2) is 17.5 Å². The van der Waals surface area contributed by atoms with E-state index in [1.54, 1.807) is 36.4 Å². The molecule has 3 rings (SSSR count). The van der Waals surface area contributed by atoms with Crippen LogP contribution in [0.5, 0.6) is 0 Å². The molecule has 152 valence electrons. The summed E-state index contributed by atoms with van der Waals surface area (Å²) in [6.45, 7) is 3.63. The highest BCUT2D eigenvalue weighted by atomic mass is 32.2. The summed E-state index contributed by atoms with van der Waals surface area (Å²) in [4.78, 5) is 17.6. The van der Waals surface area contributed by atoms with E-state index in [4.69, 9.17) is 4.84 Å². The van der Waals surface area contributed by atoms with Crippen LogP contribution in [0.2, 0.25) is 0 Å². The van der Waals surface area contributed by atoms with Gasteiger partial charge in [-0.3, -0.25) is 4.79 Å². The van der Waals surface area contributed by atoms with Crippen LogP contribution >= 0.6 is 0 Å². The molecule has 1 aliphatic heterocycles. The number of rotatable bonds is 8. The van der Waals surface area contributed by atoms with Crippen molar-refractivity contribution >= 4 is 27.3 Å². The summed E-state index contributed by atoms with van der Waals surface area (Å²) in [5, 5.41) is 6.58. The molecular weight excluding hydrogens is 397 g/mol. The maximum Gasteiger partial charge on any atom is 0.268 e. The van der Waals surface area contributed by atoms with E-state index in [0.717, 1.165) is 0 Å². The molecule has 0 fully saturated rings. The summed E-state index contributed by atoms with van der Waals surface area (Å²) >= 11 is 0. The normalized spacial score (nSPS) is 16.0. The summed E-state index contributed by atoms with van der Waals surface area (Å²) in [5.41, 5.74) is 2.14. The second kappa shape index (κ2) is 8.97. The average Bonchev–Trinajstić information content (AvgIpc) is 3.18. The first-order chi connectivity index (χ1) is 13.9. The predicted octanol–water partition coefficient (Wildman–Crippen LogP) is 2.56. The van der Waals surface area contributed by atoms with Gasteiger partial charge in [-0.15, -0.1) is 6.58 Å². The Hall–Kier alpha value is -3.04. The van der Waals surface area contributed by atoms with Crippen LogP contribution in [0.25, 0.3) is 0 Å². The second-order valence-corrected chi connectivity index (χ2v) is 8.24. The molecule has 29 heavy (non-hydrogen) atoms. The van der Waals surface area contributed by atoms with Crippen LogP contribution in [0, 0.1) is 5.82 Å². The van der Waals surface area contributed by atoms with E-state index in [1.165, 1.54) is 18.2 Å². The van der Waals surface area contributed by atoms with E-state index >= 15 is 0 Å². The number of oxime groups is 1. The van der Waals surface area contributed by atoms with Crippen LogP contribution in [-0.4, -0.2) is 32.7 Å². The van der Waals surface area contributed by atoms with Crippen LogP contribution in [0.4, 0.5) is 10.1 Å². The number of hydrogen-bond donors (Lipinski definition) is 2. The van der Waals surface area contributed by atoms with Gasteiger partial charge in [0.05, 0.1) is 11.5 Å². The lowest BCUT2D eigenvalue weighted by molar-refractivity contribution is -0.125. The standard InChI is InChI=1S/C20H20FN3O4S/c1-2-10-22-29(26,27)13-14-6-8-17(9-7-14)23-20(25)19-12-18(24-28-19)15-4-3-5-16(21)11-15/h2-9,11,19,22H,1,10,12-13H2,(H,23,25). The monoisotopic (exact) mass is 417 g/mol. The van der Waals surface area contributed by atoms with Crippen LogP contribution in [0.1, 0.15) is 17.5 Å². The van der Waals surface area contributed by atoms with Crippen LogP contribution in [-0.2, 0) is 25.4 Å². The third-order valence-electron chi connectivity index (χ3n) is 4.14. The highest BCUT2D eigenvalue weighted by Gasteiger charge is 2.29. The maximum absolute atomic E-state index is 13.3. The van der Waals surface area contributed by atoms with E-state index in [0.29, 0.717) is 22.5 Å². The summed E-state index contributed by atoms with van der Waals surface area (Å²) in [5.74, 6) is -0.959. The molecule has 1 unspecified atom stereocenters. The highest BCUT2D eigenvalue weighted by molar-refractivity contribution is 7.88. The number of amides is 1. The number of halogens is 1. The molecule has 0 spiro atoms. The molecule has 1 aliphatic rings. The van der Waals surface area contributed by atoms with Gasteiger partial charge in [0.25, 0.3) is 5.91 Å². The lowest BCUT2D eigenvalue weighted by atomic mass is 10.0. The molecule has 1 heterocycles. The van der Waals surface area contributed by atoms with Gasteiger partial charge in [0.15, 0.2) is 0 Å². The lowest BCUT2D eigenvalue weighted by Gasteiger charge is -2.10. The molecule has 0 saturated carbocycles. The number of hydrogen-bond acceptors (Lipinski definition) is 5. The molecule has 9 heteroatoms. The van der Waals surface area contributed by atoms with E-state index in [9.17, 15) is 17.6 Å². The molecule has 0 aliphatic carbocycles. The molecule has 0 radical (unpaired) electrons. The maximum atomic E-state index is 13.3. The summed E-state index contributed by atoms with van der Waals surface area (Å²) < 4.78 is 39.5. The first-order valence-electron chi connectivity index (χ1n) is 8.83. The Kier molecular flexibility index (Phi) is 6.40. The molecule has 2 aromatic carbocycles. The van der Waals surface area contributed by atoms with Crippen LogP contribution in [0.3, 0.4) is 0 Å². The number of anilines is 1. The zero-order valence-electron chi connectivity index (χ0n) is 15.5. The fourth-order valence-corrected chi connectivity index (χ4v) is 3.83. The number of nitrogens with zero attached hydrogens (tertiary/aromatic N) is 1. The van der Waals surface area contributed by atoms with Gasteiger partial charge >= 0.3 is 0 Å². The number of carbonyl (C=O) groups excluding carboxylic acids is 1. The number of carbonyl (C=O) groups is 1. The zero-order valence-corrected chi connectivity index (χ0v) is 16.3. The van der Waals surface area contributed by atoms with E-state index in [2.05, 4.69) is 21.8 Å². The Bertz CT molecular complexity index is 1040. The van der Waals surface area contributed by atoms with Crippen molar-refractivity contribution in [2.45, 2.75) is 18.3 Å². The molecule has 0 saturated heterocycles. The average molecular weight is 417 g/mol. The van der Waals surface area contributed by atoms with Crippen LogP contribution < -0.4 is 10.0 Å². The van der Waals surface area contributed by atoms with Gasteiger partial charge in [-0.2, -0.15) is 0 Å². The topological polar surface area (TPSA) is 96.9 Å². The van der Waals surface area contributed by atoms with Gasteiger partial charge < -0.3 is 10.2 Å². The minimum Gasteiger partial charge on any atom is -0.382 e. The fraction of sp³-hybridized carbons (Fsp3) is 0.200. The van der Waals surface area contributed by atoms with Crippen molar-refractivity contribution in [2.24, 2.45) is 5.16 Å². The van der Waals surface area contributed by atoms with Crippen molar-refractivity contribution in [3.05, 3.63) is 78.1 Å². The third-order valence-corrected chi connectivity index (χ3v) is 5.46. The quantitative estimate of drug-likeness (QED) is 0.645. The van der Waals surface area contributed by atoms with Gasteiger partial charge in [0.1, 0.15) is 5.82 Å². The van der Waals surface area contributed by atoms with Crippen molar-refractivity contribution in [2.75, 3.05) is 11.9 Å². The SMILES string of the molecule is C=CCNS(=O)(=O)Cc1ccc(NC(=O)C2CC(c3cccc(F)c3)=NO2)cc1. The van der Waals surface area contributed by atoms with E-state index in [-0.39, 0.29) is 24.5 Å². The molecular formula is C20H20FN3O4S.